The van der Waals surface area contributed by atoms with Gasteiger partial charge >= 0.3 is 0 Å². The van der Waals surface area contributed by atoms with Crippen LogP contribution in [0.25, 0.3) is 0 Å². The Kier molecular flexibility index (Phi) is 5.94. The van der Waals surface area contributed by atoms with Gasteiger partial charge in [-0.3, -0.25) is 9.69 Å². The predicted molar refractivity (Wildman–Crippen MR) is 101 cm³/mol. The molecule has 6 nitrogen and oxygen atoms in total. The van der Waals surface area contributed by atoms with E-state index in [0.717, 1.165) is 23.8 Å². The minimum absolute atomic E-state index is 0.290. The summed E-state index contributed by atoms with van der Waals surface area (Å²) in [6.07, 6.45) is 8.74. The minimum atomic E-state index is -0.290. The number of carbonyl (C=O) groups excluding carboxylic acids is 1. The van der Waals surface area contributed by atoms with Crippen molar-refractivity contribution in [3.63, 3.8) is 0 Å². The number of nitrogens with zero attached hydrogens (tertiary/aromatic N) is 4. The van der Waals surface area contributed by atoms with Gasteiger partial charge in [0, 0.05) is 31.5 Å². The largest absolute Gasteiger partial charge is 0.370 e. The van der Waals surface area contributed by atoms with Crippen molar-refractivity contribution in [1.29, 1.82) is 0 Å². The lowest BCUT2D eigenvalue weighted by atomic mass is 10.2. The third-order valence-electron chi connectivity index (χ3n) is 5.25. The summed E-state index contributed by atoms with van der Waals surface area (Å²) >= 11 is 5.73. The van der Waals surface area contributed by atoms with Crippen LogP contribution in [0.2, 0.25) is 0 Å². The molecule has 0 radical (unpaired) electrons. The zero-order valence-electron chi connectivity index (χ0n) is 15.5. The third-order valence-corrected chi connectivity index (χ3v) is 5.68. The van der Waals surface area contributed by atoms with Gasteiger partial charge in [0.1, 0.15) is 5.82 Å². The van der Waals surface area contributed by atoms with Crippen molar-refractivity contribution in [2.45, 2.75) is 90.5 Å². The van der Waals surface area contributed by atoms with Crippen molar-refractivity contribution in [1.82, 2.24) is 19.2 Å². The van der Waals surface area contributed by atoms with Crippen molar-refractivity contribution in [3.8, 4) is 0 Å². The first-order valence-electron chi connectivity index (χ1n) is 9.66. The molecule has 2 N–H and O–H groups in total. The second kappa shape index (κ2) is 7.99. The first kappa shape index (κ1) is 18.6. The van der Waals surface area contributed by atoms with E-state index in [0.29, 0.717) is 30.8 Å². The SMILES string of the molecule is CC(C)Cn1c(CCC(N)=O)nn(CN(C2CCCC2)C2CC2)c1=S. The number of nitrogens with two attached hydrogens (primary N) is 1. The maximum Gasteiger partial charge on any atom is 0.217 e. The van der Waals surface area contributed by atoms with Gasteiger partial charge in [-0.1, -0.05) is 26.7 Å². The van der Waals surface area contributed by atoms with E-state index in [1.165, 1.54) is 38.5 Å². The number of primary amides is 1. The minimum Gasteiger partial charge on any atom is -0.370 e. The van der Waals surface area contributed by atoms with Crippen LogP contribution in [0.1, 0.15) is 64.6 Å². The molecule has 2 fully saturated rings. The van der Waals surface area contributed by atoms with Gasteiger partial charge in [-0.15, -0.1) is 0 Å². The van der Waals surface area contributed by atoms with Crippen LogP contribution in [-0.4, -0.2) is 37.2 Å². The van der Waals surface area contributed by atoms with Crippen molar-refractivity contribution in [3.05, 3.63) is 10.6 Å². The van der Waals surface area contributed by atoms with Crippen molar-refractivity contribution >= 4 is 18.1 Å². The molecule has 2 aliphatic carbocycles. The van der Waals surface area contributed by atoms with Crippen molar-refractivity contribution in [2.75, 3.05) is 0 Å². The molecule has 0 atom stereocenters. The van der Waals surface area contributed by atoms with E-state index < -0.39 is 0 Å². The Morgan fingerprint density at radius 2 is 1.92 bits per heavy atom. The number of rotatable bonds is 9. The fourth-order valence-electron chi connectivity index (χ4n) is 3.87. The van der Waals surface area contributed by atoms with Crippen LogP contribution in [-0.2, 0) is 24.4 Å². The Bertz CT molecular complexity index is 655. The van der Waals surface area contributed by atoms with E-state index in [4.69, 9.17) is 23.1 Å². The average molecular weight is 366 g/mol. The molecule has 0 bridgehead atoms. The Hall–Kier alpha value is -1.21. The predicted octanol–water partition coefficient (Wildman–Crippen LogP) is 2.85. The lowest BCUT2D eigenvalue weighted by Gasteiger charge is -2.28. The molecule has 140 valence electrons. The van der Waals surface area contributed by atoms with Crippen LogP contribution < -0.4 is 5.73 Å². The molecule has 25 heavy (non-hydrogen) atoms. The van der Waals surface area contributed by atoms with Crippen LogP contribution in [0.15, 0.2) is 0 Å². The van der Waals surface area contributed by atoms with Gasteiger partial charge in [-0.05, 0) is 43.8 Å². The number of carbonyl (C=O) groups is 1. The number of aromatic nitrogens is 3. The highest BCUT2D eigenvalue weighted by Gasteiger charge is 2.35. The molecule has 2 aliphatic rings. The van der Waals surface area contributed by atoms with Gasteiger partial charge in [-0.2, -0.15) is 5.10 Å². The van der Waals surface area contributed by atoms with Crippen molar-refractivity contribution in [2.24, 2.45) is 11.7 Å². The van der Waals surface area contributed by atoms with Gasteiger partial charge in [-0.25, -0.2) is 4.68 Å². The molecule has 0 spiro atoms. The zero-order chi connectivity index (χ0) is 18.0. The van der Waals surface area contributed by atoms with Crippen molar-refractivity contribution < 1.29 is 4.79 Å². The molecule has 3 rings (SSSR count). The summed E-state index contributed by atoms with van der Waals surface area (Å²) < 4.78 is 4.85. The monoisotopic (exact) mass is 365 g/mol. The van der Waals surface area contributed by atoms with E-state index in [9.17, 15) is 4.79 Å². The molecule has 0 aliphatic heterocycles. The van der Waals surface area contributed by atoms with Crippen LogP contribution in [0, 0.1) is 10.7 Å². The quantitative estimate of drug-likeness (QED) is 0.683. The molecule has 1 heterocycles. The summed E-state index contributed by atoms with van der Waals surface area (Å²) in [5, 5.41) is 4.78. The lowest BCUT2D eigenvalue weighted by molar-refractivity contribution is -0.118. The van der Waals surface area contributed by atoms with E-state index in [1.54, 1.807) is 0 Å². The van der Waals surface area contributed by atoms with Crippen LogP contribution in [0.3, 0.4) is 0 Å². The fraction of sp³-hybridized carbons (Fsp3) is 0.833. The Labute approximate surface area is 155 Å². The second-order valence-corrected chi connectivity index (χ2v) is 8.36. The Morgan fingerprint density at radius 3 is 2.48 bits per heavy atom. The van der Waals surface area contributed by atoms with Crippen LogP contribution >= 0.6 is 12.2 Å². The molecular weight excluding hydrogens is 334 g/mol. The number of aryl methyl sites for hydroxylation is 1. The highest BCUT2D eigenvalue weighted by Crippen LogP contribution is 2.34. The molecule has 0 unspecified atom stereocenters. The van der Waals surface area contributed by atoms with Crippen LogP contribution in [0.5, 0.6) is 0 Å². The highest BCUT2D eigenvalue weighted by molar-refractivity contribution is 7.71. The van der Waals surface area contributed by atoms with E-state index in [2.05, 4.69) is 23.3 Å². The summed E-state index contributed by atoms with van der Waals surface area (Å²) in [4.78, 5) is 13.8. The molecule has 1 amide bonds. The standard InChI is InChI=1S/C18H31N5OS/c1-13(2)11-21-17(10-9-16(19)24)20-23(18(21)25)12-22(15-7-8-15)14-5-3-4-6-14/h13-15H,3-12H2,1-2H3,(H2,19,24). The number of amides is 1. The summed E-state index contributed by atoms with van der Waals surface area (Å²) in [5.74, 6) is 1.08. The molecule has 7 heteroatoms. The van der Waals surface area contributed by atoms with Gasteiger partial charge in [0.2, 0.25) is 5.91 Å². The maximum absolute atomic E-state index is 11.2. The fourth-order valence-corrected chi connectivity index (χ4v) is 4.15. The average Bonchev–Trinajstić information content (AvgIpc) is 3.16. The Morgan fingerprint density at radius 1 is 1.28 bits per heavy atom. The van der Waals surface area contributed by atoms with E-state index in [1.807, 2.05) is 4.68 Å². The van der Waals surface area contributed by atoms with E-state index >= 15 is 0 Å². The zero-order valence-corrected chi connectivity index (χ0v) is 16.3. The molecular formula is C18H31N5OS. The summed E-state index contributed by atoms with van der Waals surface area (Å²) in [6.45, 7) is 5.96. The molecule has 2 saturated carbocycles. The maximum atomic E-state index is 11.2. The van der Waals surface area contributed by atoms with Gasteiger partial charge in [0.05, 0.1) is 6.67 Å². The normalized spacial score (nSPS) is 18.6. The smallest absolute Gasteiger partial charge is 0.217 e. The van der Waals surface area contributed by atoms with Gasteiger partial charge < -0.3 is 10.3 Å². The molecule has 0 saturated heterocycles. The number of hydrogen-bond donors (Lipinski definition) is 1. The number of hydrogen-bond acceptors (Lipinski definition) is 4. The summed E-state index contributed by atoms with van der Waals surface area (Å²) in [6, 6.07) is 1.38. The topological polar surface area (TPSA) is 69.1 Å². The highest BCUT2D eigenvalue weighted by atomic mass is 32.1. The first-order chi connectivity index (χ1) is 12.0. The Balaban J connectivity index is 1.81. The first-order valence-corrected chi connectivity index (χ1v) is 10.1. The van der Waals surface area contributed by atoms with Gasteiger partial charge in [0.25, 0.3) is 0 Å². The third kappa shape index (κ3) is 4.70. The second-order valence-electron chi connectivity index (χ2n) is 7.99. The van der Waals surface area contributed by atoms with Crippen LogP contribution in [0.4, 0.5) is 0 Å². The molecule has 1 aromatic heterocycles. The van der Waals surface area contributed by atoms with E-state index in [-0.39, 0.29) is 5.91 Å². The molecule has 0 aromatic carbocycles. The molecule has 1 aromatic rings. The lowest BCUT2D eigenvalue weighted by Crippen LogP contribution is -2.37. The van der Waals surface area contributed by atoms with Gasteiger partial charge in [0.15, 0.2) is 4.77 Å². The summed E-state index contributed by atoms with van der Waals surface area (Å²) in [7, 11) is 0. The summed E-state index contributed by atoms with van der Waals surface area (Å²) in [5.41, 5.74) is 5.33.